The molecule has 21 heavy (non-hydrogen) atoms. The van der Waals surface area contributed by atoms with Crippen LogP contribution in [0.25, 0.3) is 0 Å². The first-order valence-electron chi connectivity index (χ1n) is 6.10. The molecule has 0 atom stereocenters. The Balaban J connectivity index is 2.04. The molecule has 2 aromatic carbocycles. The number of nitrogens with one attached hydrogen (secondary N) is 2. The van der Waals surface area contributed by atoms with Crippen LogP contribution in [0.2, 0.25) is 5.02 Å². The Morgan fingerprint density at radius 2 is 1.95 bits per heavy atom. The van der Waals surface area contributed by atoms with E-state index >= 15 is 0 Å². The van der Waals surface area contributed by atoms with Crippen LogP contribution in [-0.2, 0) is 0 Å². The standard InChI is InChI=1S/C15H12ClIN2OS/c1-9-6-7-10(8-12(9)17)14(20)19-15(21)18-13-5-3-2-4-11(13)16/h2-8H,1H3,(H2,18,19,20,21). The summed E-state index contributed by atoms with van der Waals surface area (Å²) < 4.78 is 1.03. The van der Waals surface area contributed by atoms with E-state index in [0.717, 1.165) is 9.13 Å². The Kier molecular flexibility index (Phi) is 5.55. The Morgan fingerprint density at radius 1 is 1.24 bits per heavy atom. The Hall–Kier alpha value is -1.18. The number of benzene rings is 2. The maximum Gasteiger partial charge on any atom is 0.257 e. The van der Waals surface area contributed by atoms with Crippen LogP contribution in [-0.4, -0.2) is 11.0 Å². The molecule has 0 aliphatic carbocycles. The Labute approximate surface area is 147 Å². The maximum absolute atomic E-state index is 12.1. The number of rotatable bonds is 2. The van der Waals surface area contributed by atoms with Crippen LogP contribution in [0.5, 0.6) is 0 Å². The highest BCUT2D eigenvalue weighted by molar-refractivity contribution is 14.1. The lowest BCUT2D eigenvalue weighted by Crippen LogP contribution is -2.34. The fraction of sp³-hybridized carbons (Fsp3) is 0.0667. The third-order valence-corrected chi connectivity index (χ3v) is 4.48. The van der Waals surface area contributed by atoms with E-state index in [0.29, 0.717) is 16.3 Å². The van der Waals surface area contributed by atoms with Gasteiger partial charge in [-0.05, 0) is 71.6 Å². The molecule has 108 valence electrons. The highest BCUT2D eigenvalue weighted by Crippen LogP contribution is 2.20. The van der Waals surface area contributed by atoms with E-state index < -0.39 is 0 Å². The molecule has 0 saturated heterocycles. The van der Waals surface area contributed by atoms with Gasteiger partial charge in [0.25, 0.3) is 5.91 Å². The number of carbonyl (C=O) groups excluding carboxylic acids is 1. The van der Waals surface area contributed by atoms with Crippen molar-refractivity contribution in [2.45, 2.75) is 6.92 Å². The highest BCUT2D eigenvalue weighted by atomic mass is 127. The van der Waals surface area contributed by atoms with Crippen molar-refractivity contribution in [3.63, 3.8) is 0 Å². The smallest absolute Gasteiger partial charge is 0.257 e. The van der Waals surface area contributed by atoms with Gasteiger partial charge in [0.05, 0.1) is 10.7 Å². The molecule has 0 aliphatic rings. The molecule has 0 spiro atoms. The summed E-state index contributed by atoms with van der Waals surface area (Å²) in [7, 11) is 0. The van der Waals surface area contributed by atoms with Gasteiger partial charge in [-0.3, -0.25) is 10.1 Å². The quantitative estimate of drug-likeness (QED) is 0.549. The van der Waals surface area contributed by atoms with Crippen molar-refractivity contribution in [2.75, 3.05) is 5.32 Å². The predicted molar refractivity (Wildman–Crippen MR) is 99.0 cm³/mol. The van der Waals surface area contributed by atoms with Gasteiger partial charge in [-0.2, -0.15) is 0 Å². The molecule has 0 bridgehead atoms. The van der Waals surface area contributed by atoms with Crippen molar-refractivity contribution in [3.05, 3.63) is 62.2 Å². The monoisotopic (exact) mass is 430 g/mol. The van der Waals surface area contributed by atoms with E-state index in [-0.39, 0.29) is 11.0 Å². The summed E-state index contributed by atoms with van der Waals surface area (Å²) in [5.74, 6) is -0.252. The van der Waals surface area contributed by atoms with Gasteiger partial charge in [0, 0.05) is 9.13 Å². The van der Waals surface area contributed by atoms with Crippen LogP contribution in [0.15, 0.2) is 42.5 Å². The van der Waals surface area contributed by atoms with E-state index in [9.17, 15) is 4.79 Å². The number of para-hydroxylation sites is 1. The van der Waals surface area contributed by atoms with Gasteiger partial charge in [0.15, 0.2) is 5.11 Å². The summed E-state index contributed by atoms with van der Waals surface area (Å²) in [6, 6.07) is 12.7. The van der Waals surface area contributed by atoms with Gasteiger partial charge < -0.3 is 5.32 Å². The van der Waals surface area contributed by atoms with Crippen LogP contribution < -0.4 is 10.6 Å². The summed E-state index contributed by atoms with van der Waals surface area (Å²) in [5, 5.41) is 6.29. The summed E-state index contributed by atoms with van der Waals surface area (Å²) in [4.78, 5) is 12.1. The van der Waals surface area contributed by atoms with Gasteiger partial charge in [-0.1, -0.05) is 29.8 Å². The van der Waals surface area contributed by atoms with Crippen molar-refractivity contribution >= 4 is 63.1 Å². The number of anilines is 1. The average molecular weight is 431 g/mol. The molecule has 0 saturated carbocycles. The number of aryl methyl sites for hydroxylation is 1. The minimum absolute atomic E-state index is 0.212. The largest absolute Gasteiger partial charge is 0.331 e. The summed E-state index contributed by atoms with van der Waals surface area (Å²) >= 11 is 13.3. The molecule has 3 nitrogen and oxygen atoms in total. The molecule has 0 fully saturated rings. The topological polar surface area (TPSA) is 41.1 Å². The van der Waals surface area contributed by atoms with Crippen molar-refractivity contribution in [3.8, 4) is 0 Å². The van der Waals surface area contributed by atoms with Crippen LogP contribution >= 0.6 is 46.4 Å². The van der Waals surface area contributed by atoms with Gasteiger partial charge in [-0.25, -0.2) is 0 Å². The summed E-state index contributed by atoms with van der Waals surface area (Å²) in [5.41, 5.74) is 2.35. The fourth-order valence-electron chi connectivity index (χ4n) is 1.63. The van der Waals surface area contributed by atoms with Crippen LogP contribution in [0.3, 0.4) is 0 Å². The first-order chi connectivity index (χ1) is 9.97. The fourth-order valence-corrected chi connectivity index (χ4v) is 2.53. The van der Waals surface area contributed by atoms with E-state index in [1.54, 1.807) is 18.2 Å². The molecule has 2 rings (SSSR count). The second-order valence-electron chi connectivity index (χ2n) is 4.35. The minimum atomic E-state index is -0.252. The van der Waals surface area contributed by atoms with E-state index in [4.69, 9.17) is 23.8 Å². The van der Waals surface area contributed by atoms with Crippen molar-refractivity contribution < 1.29 is 4.79 Å². The third kappa shape index (κ3) is 4.39. The van der Waals surface area contributed by atoms with E-state index in [1.165, 1.54) is 0 Å². The maximum atomic E-state index is 12.1. The van der Waals surface area contributed by atoms with Crippen molar-refractivity contribution in [2.24, 2.45) is 0 Å². The Bertz CT molecular complexity index is 706. The van der Waals surface area contributed by atoms with Crippen molar-refractivity contribution in [1.82, 2.24) is 5.32 Å². The second kappa shape index (κ2) is 7.20. The molecule has 2 aromatic rings. The normalized spacial score (nSPS) is 10.0. The summed E-state index contributed by atoms with van der Waals surface area (Å²) in [6.45, 7) is 1.99. The second-order valence-corrected chi connectivity index (χ2v) is 6.33. The van der Waals surface area contributed by atoms with Crippen LogP contribution in [0.1, 0.15) is 15.9 Å². The first kappa shape index (κ1) is 16.2. The van der Waals surface area contributed by atoms with Gasteiger partial charge in [-0.15, -0.1) is 0 Å². The lowest BCUT2D eigenvalue weighted by Gasteiger charge is -2.11. The lowest BCUT2D eigenvalue weighted by atomic mass is 10.1. The molecule has 0 unspecified atom stereocenters. The number of halogens is 2. The van der Waals surface area contributed by atoms with Crippen molar-refractivity contribution in [1.29, 1.82) is 0 Å². The molecule has 1 amide bonds. The zero-order valence-corrected chi connectivity index (χ0v) is 14.8. The average Bonchev–Trinajstić information content (AvgIpc) is 2.44. The van der Waals surface area contributed by atoms with Gasteiger partial charge in [0.1, 0.15) is 0 Å². The van der Waals surface area contributed by atoms with Crippen LogP contribution in [0.4, 0.5) is 5.69 Å². The molecule has 0 radical (unpaired) electrons. The molecular formula is C15H12ClIN2OS. The lowest BCUT2D eigenvalue weighted by molar-refractivity contribution is 0.0977. The minimum Gasteiger partial charge on any atom is -0.331 e. The Morgan fingerprint density at radius 3 is 2.62 bits per heavy atom. The number of carbonyl (C=O) groups is 1. The first-order valence-corrected chi connectivity index (χ1v) is 7.97. The number of amides is 1. The number of hydrogen-bond donors (Lipinski definition) is 2. The molecule has 0 heterocycles. The number of hydrogen-bond acceptors (Lipinski definition) is 2. The van der Waals surface area contributed by atoms with Gasteiger partial charge >= 0.3 is 0 Å². The van der Waals surface area contributed by atoms with E-state index in [1.807, 2.05) is 31.2 Å². The zero-order chi connectivity index (χ0) is 15.4. The molecule has 6 heteroatoms. The van der Waals surface area contributed by atoms with Gasteiger partial charge in [0.2, 0.25) is 0 Å². The SMILES string of the molecule is Cc1ccc(C(=O)NC(=S)Nc2ccccc2Cl)cc1I. The summed E-state index contributed by atoms with van der Waals surface area (Å²) in [6.07, 6.45) is 0. The molecule has 0 aromatic heterocycles. The zero-order valence-electron chi connectivity index (χ0n) is 11.1. The molecule has 0 aliphatic heterocycles. The predicted octanol–water partition coefficient (Wildman–Crippen LogP) is 4.38. The molecule has 2 N–H and O–H groups in total. The number of thiocarbonyl (C=S) groups is 1. The van der Waals surface area contributed by atoms with Crippen LogP contribution in [0, 0.1) is 10.5 Å². The third-order valence-electron chi connectivity index (χ3n) is 2.78. The molecular weight excluding hydrogens is 419 g/mol. The highest BCUT2D eigenvalue weighted by Gasteiger charge is 2.10. The van der Waals surface area contributed by atoms with E-state index in [2.05, 4.69) is 33.2 Å².